The molecule has 0 saturated carbocycles. The van der Waals surface area contributed by atoms with Crippen molar-refractivity contribution < 1.29 is 25.3 Å². The summed E-state index contributed by atoms with van der Waals surface area (Å²) in [5, 5.41) is 46.9. The smallest absolute Gasteiger partial charge is 0.402 e. The molecular formula is C7H17BN2O5. The normalized spacial score (nSPS) is 9.13. The predicted octanol–water partition coefficient (Wildman–Crippen LogP) is -2.87. The van der Waals surface area contributed by atoms with E-state index in [1.807, 2.05) is 11.0 Å². The minimum atomic E-state index is -2.17. The van der Waals surface area contributed by atoms with Crippen LogP contribution >= 0.6 is 0 Å². The molecule has 0 radical (unpaired) electrons. The predicted molar refractivity (Wildman–Crippen MR) is 53.3 cm³/mol. The molecule has 0 aliphatic heterocycles. The standard InChI is InChI=1S/C7H14N2O2.BH3O3/c8-2-1-3-9(4-6-10)5-7-11;2-1(3)4/h10-11H,1,3-7H2;2-4H. The summed E-state index contributed by atoms with van der Waals surface area (Å²) in [5.74, 6) is 0. The maximum atomic E-state index is 8.56. The van der Waals surface area contributed by atoms with Crippen LogP contribution in [0.25, 0.3) is 0 Å². The van der Waals surface area contributed by atoms with Crippen molar-refractivity contribution in [1.29, 1.82) is 5.26 Å². The molecule has 0 aromatic heterocycles. The van der Waals surface area contributed by atoms with Crippen LogP contribution < -0.4 is 0 Å². The molecule has 0 amide bonds. The highest BCUT2D eigenvalue weighted by molar-refractivity contribution is 6.30. The van der Waals surface area contributed by atoms with E-state index in [-0.39, 0.29) is 13.2 Å². The molecule has 0 aliphatic rings. The second-order valence-electron chi connectivity index (χ2n) is 2.54. The Morgan fingerprint density at radius 1 is 1.00 bits per heavy atom. The van der Waals surface area contributed by atoms with Crippen molar-refractivity contribution in [3.63, 3.8) is 0 Å². The van der Waals surface area contributed by atoms with Gasteiger partial charge in [0.1, 0.15) is 0 Å². The Labute approximate surface area is 89.0 Å². The van der Waals surface area contributed by atoms with Gasteiger partial charge in [-0.1, -0.05) is 0 Å². The molecule has 5 N–H and O–H groups in total. The number of hydrogen-bond acceptors (Lipinski definition) is 7. The van der Waals surface area contributed by atoms with E-state index in [2.05, 4.69) is 0 Å². The Morgan fingerprint density at radius 2 is 1.40 bits per heavy atom. The molecule has 0 rings (SSSR count). The third-order valence-corrected chi connectivity index (χ3v) is 1.37. The first-order valence-electron chi connectivity index (χ1n) is 4.43. The maximum absolute atomic E-state index is 8.56. The summed E-state index contributed by atoms with van der Waals surface area (Å²) < 4.78 is 0. The lowest BCUT2D eigenvalue weighted by Gasteiger charge is -2.17. The van der Waals surface area contributed by atoms with Gasteiger partial charge >= 0.3 is 7.32 Å². The summed E-state index contributed by atoms with van der Waals surface area (Å²) in [6.07, 6.45) is 0.444. The van der Waals surface area contributed by atoms with Crippen LogP contribution in [-0.4, -0.2) is 70.4 Å². The van der Waals surface area contributed by atoms with Crippen molar-refractivity contribution in [2.75, 3.05) is 32.8 Å². The van der Waals surface area contributed by atoms with Gasteiger partial charge in [-0.2, -0.15) is 5.26 Å². The van der Waals surface area contributed by atoms with Gasteiger partial charge < -0.3 is 25.3 Å². The van der Waals surface area contributed by atoms with Gasteiger partial charge in [0, 0.05) is 26.1 Å². The second-order valence-corrected chi connectivity index (χ2v) is 2.54. The van der Waals surface area contributed by atoms with Crippen LogP contribution in [0.5, 0.6) is 0 Å². The first-order chi connectivity index (χ1) is 7.08. The summed E-state index contributed by atoms with van der Waals surface area (Å²) in [4.78, 5) is 1.85. The Balaban J connectivity index is 0. The lowest BCUT2D eigenvalue weighted by molar-refractivity contribution is 0.163. The largest absolute Gasteiger partial charge is 0.631 e. The zero-order valence-electron chi connectivity index (χ0n) is 8.45. The Hall–Kier alpha value is -0.685. The number of nitriles is 1. The molecule has 0 atom stereocenters. The summed E-state index contributed by atoms with van der Waals surface area (Å²) in [6.45, 7) is 1.83. The van der Waals surface area contributed by atoms with E-state index in [9.17, 15) is 0 Å². The van der Waals surface area contributed by atoms with E-state index in [1.54, 1.807) is 0 Å². The lowest BCUT2D eigenvalue weighted by Crippen LogP contribution is -2.30. The van der Waals surface area contributed by atoms with Gasteiger partial charge in [0.25, 0.3) is 0 Å². The fourth-order valence-electron chi connectivity index (χ4n) is 0.826. The molecule has 0 spiro atoms. The Kier molecular flexibility index (Phi) is 14.9. The first-order valence-corrected chi connectivity index (χ1v) is 4.43. The molecule has 8 heteroatoms. The minimum Gasteiger partial charge on any atom is -0.402 e. The molecule has 0 aliphatic carbocycles. The summed E-state index contributed by atoms with van der Waals surface area (Å²) in [7, 11) is -2.17. The van der Waals surface area contributed by atoms with Crippen LogP contribution in [-0.2, 0) is 0 Å². The molecule has 7 nitrogen and oxygen atoms in total. The van der Waals surface area contributed by atoms with Gasteiger partial charge in [-0.25, -0.2) is 0 Å². The van der Waals surface area contributed by atoms with E-state index < -0.39 is 7.32 Å². The minimum absolute atomic E-state index is 0.0748. The summed E-state index contributed by atoms with van der Waals surface area (Å²) >= 11 is 0. The second kappa shape index (κ2) is 13.3. The highest BCUT2D eigenvalue weighted by atomic mass is 16.5. The molecule has 0 bridgehead atoms. The molecule has 0 fully saturated rings. The van der Waals surface area contributed by atoms with Crippen LogP contribution in [0.15, 0.2) is 0 Å². The van der Waals surface area contributed by atoms with Crippen LogP contribution in [0.1, 0.15) is 6.42 Å². The van der Waals surface area contributed by atoms with Crippen molar-refractivity contribution in [2.45, 2.75) is 6.42 Å². The average molecular weight is 220 g/mol. The Bertz CT molecular complexity index is 155. The van der Waals surface area contributed by atoms with Gasteiger partial charge in [-0.3, -0.25) is 4.90 Å². The zero-order valence-corrected chi connectivity index (χ0v) is 8.45. The van der Waals surface area contributed by atoms with E-state index >= 15 is 0 Å². The van der Waals surface area contributed by atoms with Crippen molar-refractivity contribution >= 4 is 7.32 Å². The molecule has 88 valence electrons. The molecule has 0 aromatic rings. The summed E-state index contributed by atoms with van der Waals surface area (Å²) in [6, 6.07) is 2.01. The fourth-order valence-corrected chi connectivity index (χ4v) is 0.826. The quantitative estimate of drug-likeness (QED) is 0.304. The molecule has 15 heavy (non-hydrogen) atoms. The first kappa shape index (κ1) is 16.7. The number of rotatable bonds is 6. The van der Waals surface area contributed by atoms with Crippen molar-refractivity contribution in [2.24, 2.45) is 0 Å². The average Bonchev–Trinajstić information content (AvgIpc) is 2.14. The Morgan fingerprint density at radius 3 is 1.67 bits per heavy atom. The lowest BCUT2D eigenvalue weighted by atomic mass is 10.3. The third kappa shape index (κ3) is 19.6. The van der Waals surface area contributed by atoms with Gasteiger partial charge in [0.2, 0.25) is 0 Å². The topological polar surface area (TPSA) is 128 Å². The zero-order chi connectivity index (χ0) is 12.1. The van der Waals surface area contributed by atoms with Gasteiger partial charge in [-0.05, 0) is 0 Å². The van der Waals surface area contributed by atoms with E-state index in [0.717, 1.165) is 0 Å². The number of aliphatic hydroxyl groups is 2. The van der Waals surface area contributed by atoms with Crippen LogP contribution in [0, 0.1) is 11.3 Å². The monoisotopic (exact) mass is 220 g/mol. The van der Waals surface area contributed by atoms with Crippen molar-refractivity contribution in [1.82, 2.24) is 4.90 Å². The van der Waals surface area contributed by atoms with Crippen LogP contribution in [0.2, 0.25) is 0 Å². The van der Waals surface area contributed by atoms with Gasteiger partial charge in [0.15, 0.2) is 0 Å². The molecule has 0 saturated heterocycles. The SMILES string of the molecule is N#CCCN(CCO)CCO.OB(O)O. The highest BCUT2D eigenvalue weighted by Crippen LogP contribution is 1.88. The van der Waals surface area contributed by atoms with E-state index in [1.165, 1.54) is 0 Å². The van der Waals surface area contributed by atoms with Crippen molar-refractivity contribution in [3.05, 3.63) is 0 Å². The van der Waals surface area contributed by atoms with Crippen LogP contribution in [0.3, 0.4) is 0 Å². The third-order valence-electron chi connectivity index (χ3n) is 1.37. The highest BCUT2D eigenvalue weighted by Gasteiger charge is 2.01. The van der Waals surface area contributed by atoms with Crippen molar-refractivity contribution in [3.8, 4) is 6.07 Å². The molecule has 0 unspecified atom stereocenters. The summed E-state index contributed by atoms with van der Waals surface area (Å²) in [5.41, 5.74) is 0. The number of nitrogens with zero attached hydrogens (tertiary/aromatic N) is 2. The molecule has 0 aromatic carbocycles. The van der Waals surface area contributed by atoms with E-state index in [4.69, 9.17) is 30.5 Å². The molecular weight excluding hydrogens is 203 g/mol. The maximum Gasteiger partial charge on any atom is 0.631 e. The van der Waals surface area contributed by atoms with Gasteiger partial charge in [-0.15, -0.1) is 0 Å². The van der Waals surface area contributed by atoms with E-state index in [0.29, 0.717) is 26.1 Å². The van der Waals surface area contributed by atoms with Crippen LogP contribution in [0.4, 0.5) is 0 Å². The fraction of sp³-hybridized carbons (Fsp3) is 0.857. The van der Waals surface area contributed by atoms with Gasteiger partial charge in [0.05, 0.1) is 19.3 Å². The number of aliphatic hydroxyl groups excluding tert-OH is 2. The molecule has 0 heterocycles. The number of hydrogen-bond donors (Lipinski definition) is 5.